The number of nitrogens with one attached hydrogen (secondary N) is 2. The molecule has 1 fully saturated rings. The summed E-state index contributed by atoms with van der Waals surface area (Å²) in [5.74, 6) is 2.14. The van der Waals surface area contributed by atoms with E-state index in [9.17, 15) is 0 Å². The molecule has 0 saturated carbocycles. The summed E-state index contributed by atoms with van der Waals surface area (Å²) in [5.41, 5.74) is -0.170. The lowest BCUT2D eigenvalue weighted by atomic mass is 10.1. The minimum atomic E-state index is -0.170. The molecule has 2 heterocycles. The molecule has 0 radical (unpaired) electrons. The minimum absolute atomic E-state index is 0. The van der Waals surface area contributed by atoms with E-state index < -0.39 is 0 Å². The number of rotatable bonds is 4. The first-order valence-electron chi connectivity index (χ1n) is 6.24. The van der Waals surface area contributed by atoms with Crippen molar-refractivity contribution in [3.63, 3.8) is 0 Å². The van der Waals surface area contributed by atoms with Crippen LogP contribution in [0.3, 0.4) is 0 Å². The van der Waals surface area contributed by atoms with Crippen molar-refractivity contribution in [3.05, 3.63) is 12.3 Å². The van der Waals surface area contributed by atoms with Crippen LogP contribution in [0.4, 0.5) is 11.8 Å². The van der Waals surface area contributed by atoms with Crippen molar-refractivity contribution in [1.82, 2.24) is 15.3 Å². The fourth-order valence-corrected chi connectivity index (χ4v) is 1.88. The number of halogens is 2. The van der Waals surface area contributed by atoms with Gasteiger partial charge in [-0.15, -0.1) is 24.0 Å². The highest BCUT2D eigenvalue weighted by atomic mass is 35.5. The molecule has 2 N–H and O–H groups in total. The SMILES string of the molecule is CC(C)(CCl)Nc1ccnc(N2CCNCC2)n1.Cl. The minimum Gasteiger partial charge on any atom is -0.364 e. The van der Waals surface area contributed by atoms with Crippen LogP contribution in [0.1, 0.15) is 13.8 Å². The molecule has 0 amide bonds. The lowest BCUT2D eigenvalue weighted by Gasteiger charge is -2.28. The van der Waals surface area contributed by atoms with Crippen molar-refractivity contribution in [1.29, 1.82) is 0 Å². The highest BCUT2D eigenvalue weighted by Crippen LogP contribution is 2.16. The maximum absolute atomic E-state index is 5.91. The van der Waals surface area contributed by atoms with Gasteiger partial charge < -0.3 is 15.5 Å². The molecule has 108 valence electrons. The zero-order chi connectivity index (χ0) is 13.0. The van der Waals surface area contributed by atoms with Crippen molar-refractivity contribution in [2.24, 2.45) is 0 Å². The topological polar surface area (TPSA) is 53.1 Å². The summed E-state index contributed by atoms with van der Waals surface area (Å²) in [4.78, 5) is 11.1. The van der Waals surface area contributed by atoms with Crippen LogP contribution in [0.2, 0.25) is 0 Å². The van der Waals surface area contributed by atoms with Crippen LogP contribution < -0.4 is 15.5 Å². The maximum atomic E-state index is 5.91. The van der Waals surface area contributed by atoms with Gasteiger partial charge in [-0.2, -0.15) is 4.98 Å². The second-order valence-electron chi connectivity index (χ2n) is 5.12. The predicted molar refractivity (Wildman–Crippen MR) is 82.8 cm³/mol. The molecule has 7 heteroatoms. The van der Waals surface area contributed by atoms with Crippen LogP contribution in [-0.2, 0) is 0 Å². The predicted octanol–water partition coefficient (Wildman–Crippen LogP) is 1.74. The molecule has 5 nitrogen and oxygen atoms in total. The third-order valence-corrected chi connectivity index (χ3v) is 3.51. The van der Waals surface area contributed by atoms with Crippen LogP contribution in [0, 0.1) is 0 Å². The summed E-state index contributed by atoms with van der Waals surface area (Å²) in [6.07, 6.45) is 1.79. The van der Waals surface area contributed by atoms with Gasteiger partial charge in [0.05, 0.1) is 0 Å². The zero-order valence-corrected chi connectivity index (χ0v) is 12.9. The molecular weight excluding hydrogens is 285 g/mol. The molecule has 1 aromatic rings. The fourth-order valence-electron chi connectivity index (χ4n) is 1.82. The van der Waals surface area contributed by atoms with Gasteiger partial charge in [-0.3, -0.25) is 0 Å². The quantitative estimate of drug-likeness (QED) is 0.830. The largest absolute Gasteiger partial charge is 0.364 e. The highest BCUT2D eigenvalue weighted by Gasteiger charge is 2.18. The lowest BCUT2D eigenvalue weighted by Crippen LogP contribution is -2.44. The Morgan fingerprint density at radius 1 is 1.42 bits per heavy atom. The summed E-state index contributed by atoms with van der Waals surface area (Å²) in [6, 6.07) is 1.87. The van der Waals surface area contributed by atoms with Gasteiger partial charge in [0.15, 0.2) is 0 Å². The summed E-state index contributed by atoms with van der Waals surface area (Å²) >= 11 is 5.91. The standard InChI is InChI=1S/C12H20ClN5.ClH/c1-12(2,9-13)17-10-3-4-15-11(16-10)18-7-5-14-6-8-18;/h3-4,14H,5-9H2,1-2H3,(H,15,16,17);1H. The number of anilines is 2. The van der Waals surface area contributed by atoms with Crippen LogP contribution >= 0.6 is 24.0 Å². The molecule has 1 aliphatic rings. The van der Waals surface area contributed by atoms with E-state index in [0.717, 1.165) is 37.9 Å². The van der Waals surface area contributed by atoms with Gasteiger partial charge in [0.2, 0.25) is 5.95 Å². The van der Waals surface area contributed by atoms with Crippen molar-refractivity contribution >= 4 is 35.8 Å². The Labute approximate surface area is 125 Å². The molecule has 0 unspecified atom stereocenters. The number of piperazine rings is 1. The normalized spacial score (nSPS) is 15.8. The first-order valence-corrected chi connectivity index (χ1v) is 6.77. The Balaban J connectivity index is 0.00000180. The van der Waals surface area contributed by atoms with E-state index in [4.69, 9.17) is 11.6 Å². The first-order chi connectivity index (χ1) is 8.61. The molecular formula is C12H21Cl2N5. The monoisotopic (exact) mass is 305 g/mol. The van der Waals surface area contributed by atoms with Crippen molar-refractivity contribution in [2.75, 3.05) is 42.3 Å². The van der Waals surface area contributed by atoms with E-state index in [0.29, 0.717) is 5.88 Å². The average molecular weight is 306 g/mol. The Morgan fingerprint density at radius 2 is 2.11 bits per heavy atom. The molecule has 1 aliphatic heterocycles. The van der Waals surface area contributed by atoms with Gasteiger partial charge in [-0.05, 0) is 19.9 Å². The van der Waals surface area contributed by atoms with Gasteiger partial charge in [-0.25, -0.2) is 4.98 Å². The van der Waals surface area contributed by atoms with E-state index in [1.807, 2.05) is 19.9 Å². The van der Waals surface area contributed by atoms with Crippen molar-refractivity contribution in [3.8, 4) is 0 Å². The van der Waals surface area contributed by atoms with Crippen molar-refractivity contribution in [2.45, 2.75) is 19.4 Å². The van der Waals surface area contributed by atoms with E-state index in [2.05, 4.69) is 25.5 Å². The smallest absolute Gasteiger partial charge is 0.227 e. The number of hydrogen-bond donors (Lipinski definition) is 2. The third-order valence-electron chi connectivity index (χ3n) is 2.84. The fraction of sp³-hybridized carbons (Fsp3) is 0.667. The molecule has 0 aliphatic carbocycles. The summed E-state index contributed by atoms with van der Waals surface area (Å²) in [6.45, 7) is 7.95. The Morgan fingerprint density at radius 3 is 2.74 bits per heavy atom. The van der Waals surface area contributed by atoms with Gasteiger partial charge >= 0.3 is 0 Å². The Hall–Kier alpha value is -0.780. The van der Waals surface area contributed by atoms with Crippen LogP contribution in [0.5, 0.6) is 0 Å². The van der Waals surface area contributed by atoms with E-state index >= 15 is 0 Å². The molecule has 1 saturated heterocycles. The molecule has 1 aromatic heterocycles. The first kappa shape index (κ1) is 16.3. The Kier molecular flexibility index (Phi) is 6.10. The second kappa shape index (κ2) is 7.12. The van der Waals surface area contributed by atoms with E-state index in [1.54, 1.807) is 6.20 Å². The van der Waals surface area contributed by atoms with Crippen LogP contribution in [-0.4, -0.2) is 47.6 Å². The number of aromatic nitrogens is 2. The average Bonchev–Trinajstić information content (AvgIpc) is 2.40. The van der Waals surface area contributed by atoms with Gasteiger partial charge in [0.25, 0.3) is 0 Å². The van der Waals surface area contributed by atoms with E-state index in [-0.39, 0.29) is 17.9 Å². The van der Waals surface area contributed by atoms with Crippen molar-refractivity contribution < 1.29 is 0 Å². The summed E-state index contributed by atoms with van der Waals surface area (Å²) in [7, 11) is 0. The summed E-state index contributed by atoms with van der Waals surface area (Å²) < 4.78 is 0. The molecule has 0 atom stereocenters. The van der Waals surface area contributed by atoms with Crippen LogP contribution in [0.15, 0.2) is 12.3 Å². The Bertz CT molecular complexity index is 393. The second-order valence-corrected chi connectivity index (χ2v) is 5.39. The molecule has 19 heavy (non-hydrogen) atoms. The zero-order valence-electron chi connectivity index (χ0n) is 11.3. The highest BCUT2D eigenvalue weighted by molar-refractivity contribution is 6.18. The van der Waals surface area contributed by atoms with Gasteiger partial charge in [-0.1, -0.05) is 0 Å². The maximum Gasteiger partial charge on any atom is 0.227 e. The number of nitrogens with zero attached hydrogens (tertiary/aromatic N) is 3. The van der Waals surface area contributed by atoms with Gasteiger partial charge in [0.1, 0.15) is 5.82 Å². The summed E-state index contributed by atoms with van der Waals surface area (Å²) in [5, 5.41) is 6.64. The number of hydrogen-bond acceptors (Lipinski definition) is 5. The third kappa shape index (κ3) is 4.67. The van der Waals surface area contributed by atoms with Crippen LogP contribution in [0.25, 0.3) is 0 Å². The van der Waals surface area contributed by atoms with Gasteiger partial charge in [0, 0.05) is 43.8 Å². The lowest BCUT2D eigenvalue weighted by molar-refractivity contribution is 0.579. The number of alkyl halides is 1. The molecule has 0 bridgehead atoms. The van der Waals surface area contributed by atoms with E-state index in [1.165, 1.54) is 0 Å². The molecule has 2 rings (SSSR count). The molecule has 0 spiro atoms. The molecule has 0 aromatic carbocycles.